The highest BCUT2D eigenvalue weighted by atomic mass is 32.2. The van der Waals surface area contributed by atoms with Crippen LogP contribution in [0.2, 0.25) is 0 Å². The van der Waals surface area contributed by atoms with Crippen LogP contribution in [0.4, 0.5) is 5.69 Å². The highest BCUT2D eigenvalue weighted by Gasteiger charge is 2.34. The molecule has 29 heavy (non-hydrogen) atoms. The quantitative estimate of drug-likeness (QED) is 0.710. The van der Waals surface area contributed by atoms with E-state index in [0.29, 0.717) is 5.69 Å². The first kappa shape index (κ1) is 21.1. The molecule has 2 aromatic carbocycles. The molecule has 0 radical (unpaired) electrons. The monoisotopic (exact) mass is 419 g/mol. The number of carbonyl (C=O) groups excluding carboxylic acids is 1. The molecule has 156 valence electrons. The van der Waals surface area contributed by atoms with Crippen molar-refractivity contribution in [1.82, 2.24) is 0 Å². The van der Waals surface area contributed by atoms with Crippen molar-refractivity contribution < 1.29 is 27.6 Å². The molecule has 8 heteroatoms. The van der Waals surface area contributed by atoms with Gasteiger partial charge in [0.05, 0.1) is 31.2 Å². The van der Waals surface area contributed by atoms with Crippen molar-refractivity contribution in [2.24, 2.45) is 0 Å². The fourth-order valence-corrected chi connectivity index (χ4v) is 4.49. The Morgan fingerprint density at radius 2 is 1.97 bits per heavy atom. The number of nitrogens with one attached hydrogen (secondary N) is 2. The molecule has 1 heterocycles. The van der Waals surface area contributed by atoms with Crippen molar-refractivity contribution in [3.63, 3.8) is 0 Å². The van der Waals surface area contributed by atoms with Gasteiger partial charge in [-0.25, -0.2) is 8.42 Å². The van der Waals surface area contributed by atoms with Crippen LogP contribution in [0.15, 0.2) is 47.4 Å². The number of carbonyl (C=O) groups is 1. The van der Waals surface area contributed by atoms with Crippen molar-refractivity contribution >= 4 is 21.4 Å². The second-order valence-corrected chi connectivity index (χ2v) is 9.25. The lowest BCUT2D eigenvalue weighted by molar-refractivity contribution is -0.910. The maximum Gasteiger partial charge on any atom is 0.279 e. The molecule has 1 saturated heterocycles. The second-order valence-electron chi connectivity index (χ2n) is 7.24. The first-order valence-electron chi connectivity index (χ1n) is 9.48. The SMILES string of the molecule is COc1ccc(OC)c([C@H]2CCC[NH+]2CC(=O)Nc2cccc(S(C)(=O)=O)c2)c1. The maximum atomic E-state index is 12.6. The minimum atomic E-state index is -3.32. The van der Waals surface area contributed by atoms with E-state index in [1.165, 1.54) is 12.1 Å². The Bertz CT molecular complexity index is 990. The zero-order valence-corrected chi connectivity index (χ0v) is 17.7. The van der Waals surface area contributed by atoms with Gasteiger partial charge in [-0.1, -0.05) is 6.07 Å². The van der Waals surface area contributed by atoms with Gasteiger partial charge in [0.15, 0.2) is 16.4 Å². The van der Waals surface area contributed by atoms with Gasteiger partial charge in [-0.05, 0) is 36.4 Å². The number of methoxy groups -OCH3 is 2. The molecule has 3 rings (SSSR count). The predicted octanol–water partition coefficient (Wildman–Crippen LogP) is 1.47. The Morgan fingerprint density at radius 3 is 2.66 bits per heavy atom. The molecule has 0 bridgehead atoms. The first-order valence-corrected chi connectivity index (χ1v) is 11.4. The van der Waals surface area contributed by atoms with Crippen molar-refractivity contribution in [2.45, 2.75) is 23.8 Å². The fourth-order valence-electron chi connectivity index (χ4n) is 3.83. The number of amides is 1. The third kappa shape index (κ3) is 5.07. The van der Waals surface area contributed by atoms with Gasteiger partial charge in [0.1, 0.15) is 17.5 Å². The van der Waals surface area contributed by atoms with E-state index in [2.05, 4.69) is 5.32 Å². The van der Waals surface area contributed by atoms with E-state index in [1.807, 2.05) is 18.2 Å². The molecule has 1 aliphatic heterocycles. The Morgan fingerprint density at radius 1 is 1.17 bits per heavy atom. The number of sulfone groups is 1. The highest BCUT2D eigenvalue weighted by molar-refractivity contribution is 7.90. The van der Waals surface area contributed by atoms with Gasteiger partial charge >= 0.3 is 0 Å². The summed E-state index contributed by atoms with van der Waals surface area (Å²) in [5, 5.41) is 2.82. The average molecular weight is 420 g/mol. The molecule has 0 aliphatic carbocycles. The Labute approximate surface area is 171 Å². The summed E-state index contributed by atoms with van der Waals surface area (Å²) in [7, 11) is -0.0567. The number of anilines is 1. The van der Waals surface area contributed by atoms with E-state index in [1.54, 1.807) is 26.4 Å². The summed E-state index contributed by atoms with van der Waals surface area (Å²) < 4.78 is 34.3. The van der Waals surface area contributed by atoms with Crippen LogP contribution in [0.1, 0.15) is 24.4 Å². The summed E-state index contributed by atoms with van der Waals surface area (Å²) in [5.41, 5.74) is 1.51. The van der Waals surface area contributed by atoms with Crippen LogP contribution in [0.25, 0.3) is 0 Å². The third-order valence-corrected chi connectivity index (χ3v) is 6.34. The van der Waals surface area contributed by atoms with Gasteiger partial charge in [-0.3, -0.25) is 4.79 Å². The number of likely N-dealkylation sites (tertiary alicyclic amines) is 1. The lowest BCUT2D eigenvalue weighted by Gasteiger charge is -2.23. The number of rotatable bonds is 7. The zero-order valence-electron chi connectivity index (χ0n) is 16.9. The van der Waals surface area contributed by atoms with E-state index < -0.39 is 9.84 Å². The first-order chi connectivity index (χ1) is 13.8. The Hall–Kier alpha value is -2.58. The standard InChI is InChI=1S/C21H26N2O5S/c1-27-16-9-10-20(28-2)18(13-16)19-8-5-11-23(19)14-21(24)22-15-6-4-7-17(12-15)29(3,25)26/h4,6-7,9-10,12-13,19H,5,8,11,14H2,1-3H3,(H,22,24)/p+1/t19-/m1/s1. The Balaban J connectivity index is 1.74. The van der Waals surface area contributed by atoms with E-state index in [-0.39, 0.29) is 23.4 Å². The number of hydrogen-bond donors (Lipinski definition) is 2. The minimum Gasteiger partial charge on any atom is -0.497 e. The van der Waals surface area contributed by atoms with Crippen molar-refractivity contribution in [2.75, 3.05) is 38.9 Å². The molecular formula is C21H27N2O5S+. The molecule has 1 amide bonds. The van der Waals surface area contributed by atoms with Crippen LogP contribution in [0, 0.1) is 0 Å². The Kier molecular flexibility index (Phi) is 6.44. The molecule has 7 nitrogen and oxygen atoms in total. The molecule has 2 N–H and O–H groups in total. The molecular weight excluding hydrogens is 392 g/mol. The van der Waals surface area contributed by atoms with Crippen molar-refractivity contribution in [3.05, 3.63) is 48.0 Å². The van der Waals surface area contributed by atoms with E-state index in [9.17, 15) is 13.2 Å². The van der Waals surface area contributed by atoms with Gasteiger partial charge in [0.2, 0.25) is 0 Å². The van der Waals surface area contributed by atoms with Crippen LogP contribution in [-0.2, 0) is 14.6 Å². The van der Waals surface area contributed by atoms with Gasteiger partial charge in [-0.2, -0.15) is 0 Å². The summed E-state index contributed by atoms with van der Waals surface area (Å²) in [6.07, 6.45) is 3.11. The molecule has 2 aromatic rings. The summed E-state index contributed by atoms with van der Waals surface area (Å²) in [6.45, 7) is 1.16. The zero-order chi connectivity index (χ0) is 21.0. The average Bonchev–Trinajstić information content (AvgIpc) is 3.14. The summed E-state index contributed by atoms with van der Waals surface area (Å²) in [6, 6.07) is 12.2. The van der Waals surface area contributed by atoms with Gasteiger partial charge < -0.3 is 19.7 Å². The smallest absolute Gasteiger partial charge is 0.279 e. The molecule has 2 atom stereocenters. The third-order valence-electron chi connectivity index (χ3n) is 5.23. The normalized spacial score (nSPS) is 19.0. The number of hydrogen-bond acceptors (Lipinski definition) is 5. The summed E-state index contributed by atoms with van der Waals surface area (Å²) >= 11 is 0. The highest BCUT2D eigenvalue weighted by Crippen LogP contribution is 2.31. The molecule has 1 unspecified atom stereocenters. The van der Waals surface area contributed by atoms with Crippen LogP contribution in [-0.4, -0.2) is 47.9 Å². The van der Waals surface area contributed by atoms with Crippen LogP contribution >= 0.6 is 0 Å². The van der Waals surface area contributed by atoms with Gasteiger partial charge in [0, 0.05) is 24.8 Å². The number of quaternary nitrogens is 1. The minimum absolute atomic E-state index is 0.133. The number of ether oxygens (including phenoxy) is 2. The lowest BCUT2D eigenvalue weighted by Crippen LogP contribution is -3.11. The topological polar surface area (TPSA) is 86.1 Å². The van der Waals surface area contributed by atoms with Crippen molar-refractivity contribution in [3.8, 4) is 11.5 Å². The second kappa shape index (κ2) is 8.84. The largest absolute Gasteiger partial charge is 0.497 e. The van der Waals surface area contributed by atoms with Crippen LogP contribution < -0.4 is 19.7 Å². The summed E-state index contributed by atoms with van der Waals surface area (Å²) in [5.74, 6) is 1.39. The fraction of sp³-hybridized carbons (Fsp3) is 0.381. The molecule has 1 aliphatic rings. The van der Waals surface area contributed by atoms with Gasteiger partial charge in [-0.15, -0.1) is 0 Å². The molecule has 0 aromatic heterocycles. The van der Waals surface area contributed by atoms with E-state index >= 15 is 0 Å². The number of benzene rings is 2. The molecule has 0 saturated carbocycles. The molecule has 0 spiro atoms. The molecule has 1 fully saturated rings. The lowest BCUT2D eigenvalue weighted by atomic mass is 10.0. The van der Waals surface area contributed by atoms with Crippen LogP contribution in [0.5, 0.6) is 11.5 Å². The maximum absolute atomic E-state index is 12.6. The predicted molar refractivity (Wildman–Crippen MR) is 110 cm³/mol. The van der Waals surface area contributed by atoms with Gasteiger partial charge in [0.25, 0.3) is 5.91 Å². The summed E-state index contributed by atoms with van der Waals surface area (Å²) in [4.78, 5) is 14.0. The van der Waals surface area contributed by atoms with E-state index in [4.69, 9.17) is 9.47 Å². The van der Waals surface area contributed by atoms with Crippen molar-refractivity contribution in [1.29, 1.82) is 0 Å². The van der Waals surface area contributed by atoms with Crippen LogP contribution in [0.3, 0.4) is 0 Å². The van der Waals surface area contributed by atoms with E-state index in [0.717, 1.165) is 47.6 Å².